The number of hydrogen-bond acceptors (Lipinski definition) is 7. The predicted octanol–water partition coefficient (Wildman–Crippen LogP) is 4.77. The molecule has 1 aliphatic rings. The summed E-state index contributed by atoms with van der Waals surface area (Å²) in [6.07, 6.45) is -3.02. The number of nitrogens with zero attached hydrogens (tertiary/aromatic N) is 4. The first-order chi connectivity index (χ1) is 14.6. The zero-order valence-corrected chi connectivity index (χ0v) is 16.8. The molecule has 1 aliphatic heterocycles. The van der Waals surface area contributed by atoms with Crippen LogP contribution in [0.4, 0.5) is 24.7 Å². The molecule has 4 rings (SSSR count). The Morgan fingerprint density at radius 3 is 2.81 bits per heavy atom. The molecule has 7 nitrogen and oxygen atoms in total. The molecule has 0 unspecified atom stereocenters. The molecule has 0 radical (unpaired) electrons. The maximum absolute atomic E-state index is 12.9. The van der Waals surface area contributed by atoms with E-state index >= 15 is 0 Å². The molecule has 0 saturated carbocycles. The van der Waals surface area contributed by atoms with Gasteiger partial charge in [-0.25, -0.2) is 9.97 Å². The van der Waals surface area contributed by atoms with Gasteiger partial charge in [-0.2, -0.15) is 13.2 Å². The molecule has 3 aromatic rings. The summed E-state index contributed by atoms with van der Waals surface area (Å²) in [4.78, 5) is 24.5. The van der Waals surface area contributed by atoms with E-state index in [2.05, 4.69) is 20.1 Å². The molecule has 1 aromatic carbocycles. The molecule has 0 bridgehead atoms. The number of aliphatic imine (C=N–C) groups is 1. The zero-order valence-electron chi connectivity index (χ0n) is 16.1. The number of nitrogens with two attached hydrogens (primary N) is 1. The van der Waals surface area contributed by atoms with E-state index in [1.165, 1.54) is 6.07 Å². The van der Waals surface area contributed by atoms with Gasteiger partial charge in [0.2, 0.25) is 0 Å². The first-order valence-electron chi connectivity index (χ1n) is 9.17. The van der Waals surface area contributed by atoms with Gasteiger partial charge in [0.1, 0.15) is 34.3 Å². The Hall–Kier alpha value is -3.27. The number of aromatic nitrogens is 3. The topological polar surface area (TPSA) is 107 Å². The minimum atomic E-state index is -4.42. The lowest BCUT2D eigenvalue weighted by Crippen LogP contribution is -2.09. The highest BCUT2D eigenvalue weighted by atomic mass is 35.5. The number of carbonyl (C=O) groups is 1. The van der Waals surface area contributed by atoms with Crippen molar-refractivity contribution in [2.24, 2.45) is 4.99 Å². The first kappa shape index (κ1) is 21.0. The van der Waals surface area contributed by atoms with Crippen LogP contribution >= 0.6 is 11.6 Å². The molecule has 0 aliphatic carbocycles. The van der Waals surface area contributed by atoms with E-state index < -0.39 is 11.7 Å². The standard InChI is InChI=1S/C20H15ClF3N5O2/c1-9(4-15(30)18-17(21)19(25)27-8-26-18)16-7-14(29-31-16)13-6-10-5-11(20(22,23)24)2-3-12(10)28-13/h2-3,5,7-9H,4,6H2,1H3,(H2,25,26,27)/t9-/m0/s1. The fraction of sp³-hybridized carbons (Fsp3) is 0.250. The van der Waals surface area contributed by atoms with Crippen LogP contribution in [0.5, 0.6) is 0 Å². The Kier molecular flexibility index (Phi) is 5.26. The van der Waals surface area contributed by atoms with Gasteiger partial charge in [-0.1, -0.05) is 23.7 Å². The molecule has 1 atom stereocenters. The maximum Gasteiger partial charge on any atom is 0.416 e. The Balaban J connectivity index is 1.48. The lowest BCUT2D eigenvalue weighted by atomic mass is 9.99. The molecule has 160 valence electrons. The number of nitrogen functional groups attached to an aromatic ring is 1. The van der Waals surface area contributed by atoms with Gasteiger partial charge in [0.05, 0.1) is 17.0 Å². The lowest BCUT2D eigenvalue weighted by Gasteiger charge is -2.07. The third-order valence-electron chi connectivity index (χ3n) is 4.90. The van der Waals surface area contributed by atoms with Crippen molar-refractivity contribution in [3.63, 3.8) is 0 Å². The molecule has 11 heteroatoms. The number of Topliss-reactive ketones (excluding diaryl/α,β-unsaturated/α-hetero) is 1. The van der Waals surface area contributed by atoms with Crippen molar-refractivity contribution >= 4 is 34.6 Å². The predicted molar refractivity (Wildman–Crippen MR) is 107 cm³/mol. The highest BCUT2D eigenvalue weighted by molar-refractivity contribution is 6.35. The summed E-state index contributed by atoms with van der Waals surface area (Å²) in [7, 11) is 0. The van der Waals surface area contributed by atoms with Crippen molar-refractivity contribution in [1.29, 1.82) is 0 Å². The quantitative estimate of drug-likeness (QED) is 0.562. The number of carbonyl (C=O) groups excluding carboxylic acids is 1. The molecule has 31 heavy (non-hydrogen) atoms. The molecule has 0 fully saturated rings. The van der Waals surface area contributed by atoms with Crippen molar-refractivity contribution in [3.05, 3.63) is 63.9 Å². The van der Waals surface area contributed by atoms with E-state index in [1.54, 1.807) is 13.0 Å². The summed E-state index contributed by atoms with van der Waals surface area (Å²) in [5.74, 6) is -0.254. The van der Waals surface area contributed by atoms with Crippen LogP contribution in [0.1, 0.15) is 52.3 Å². The van der Waals surface area contributed by atoms with Gasteiger partial charge >= 0.3 is 6.18 Å². The van der Waals surface area contributed by atoms with Crippen molar-refractivity contribution < 1.29 is 22.5 Å². The summed E-state index contributed by atoms with van der Waals surface area (Å²) in [5.41, 5.74) is 6.74. The number of hydrogen-bond donors (Lipinski definition) is 1. The largest absolute Gasteiger partial charge is 0.416 e. The Morgan fingerprint density at radius 2 is 2.06 bits per heavy atom. The molecule has 0 saturated heterocycles. The Morgan fingerprint density at radius 1 is 1.29 bits per heavy atom. The molecular formula is C20H15ClF3N5O2. The second-order valence-electron chi connectivity index (χ2n) is 7.14. The molecule has 2 N–H and O–H groups in total. The molecule has 0 amide bonds. The van der Waals surface area contributed by atoms with Crippen molar-refractivity contribution in [2.45, 2.75) is 31.9 Å². The molecule has 0 spiro atoms. The van der Waals surface area contributed by atoms with Crippen LogP contribution in [0.3, 0.4) is 0 Å². The van der Waals surface area contributed by atoms with Crippen LogP contribution in [0, 0.1) is 0 Å². The van der Waals surface area contributed by atoms with Crippen LogP contribution in [0.15, 0.2) is 40.1 Å². The van der Waals surface area contributed by atoms with Gasteiger partial charge in [0.25, 0.3) is 0 Å². The van der Waals surface area contributed by atoms with Crippen LogP contribution in [-0.2, 0) is 12.6 Å². The highest BCUT2D eigenvalue weighted by Crippen LogP contribution is 2.36. The second kappa shape index (κ2) is 7.77. The van der Waals surface area contributed by atoms with Gasteiger partial charge in [-0.05, 0) is 23.8 Å². The van der Waals surface area contributed by atoms with E-state index in [0.29, 0.717) is 28.4 Å². The van der Waals surface area contributed by atoms with E-state index in [9.17, 15) is 18.0 Å². The Bertz CT molecular complexity index is 1210. The van der Waals surface area contributed by atoms with Gasteiger partial charge in [-0.3, -0.25) is 9.79 Å². The van der Waals surface area contributed by atoms with E-state index in [0.717, 1.165) is 18.5 Å². The lowest BCUT2D eigenvalue weighted by molar-refractivity contribution is -0.137. The number of fused-ring (bicyclic) bond motifs is 1. The summed E-state index contributed by atoms with van der Waals surface area (Å²) >= 11 is 6.00. The minimum Gasteiger partial charge on any atom is -0.382 e. The fourth-order valence-corrected chi connectivity index (χ4v) is 3.44. The van der Waals surface area contributed by atoms with E-state index in [4.69, 9.17) is 21.9 Å². The minimum absolute atomic E-state index is 0.00531. The van der Waals surface area contributed by atoms with Gasteiger partial charge in [-0.15, -0.1) is 0 Å². The van der Waals surface area contributed by atoms with Crippen molar-refractivity contribution in [1.82, 2.24) is 15.1 Å². The number of ketones is 1. The number of anilines is 1. The monoisotopic (exact) mass is 449 g/mol. The number of alkyl halides is 3. The van der Waals surface area contributed by atoms with Gasteiger partial charge in [0.15, 0.2) is 5.78 Å². The van der Waals surface area contributed by atoms with Gasteiger partial charge in [0, 0.05) is 24.8 Å². The second-order valence-corrected chi connectivity index (χ2v) is 7.52. The van der Waals surface area contributed by atoms with E-state index in [-0.39, 0.29) is 41.1 Å². The average molecular weight is 450 g/mol. The van der Waals surface area contributed by atoms with Crippen LogP contribution < -0.4 is 5.73 Å². The zero-order chi connectivity index (χ0) is 22.3. The number of rotatable bonds is 5. The third kappa shape index (κ3) is 4.15. The van der Waals surface area contributed by atoms with Crippen LogP contribution in [-0.4, -0.2) is 26.6 Å². The van der Waals surface area contributed by atoms with E-state index in [1.807, 2.05) is 0 Å². The van der Waals surface area contributed by atoms with Crippen LogP contribution in [0.25, 0.3) is 0 Å². The van der Waals surface area contributed by atoms with Crippen molar-refractivity contribution in [3.8, 4) is 0 Å². The SMILES string of the molecule is C[C@@H](CC(=O)c1ncnc(N)c1Cl)c1cc(C2=Nc3ccc(C(F)(F)F)cc3C2)no1. The molecule has 3 heterocycles. The van der Waals surface area contributed by atoms with Gasteiger partial charge < -0.3 is 10.3 Å². The average Bonchev–Trinajstić information content (AvgIpc) is 3.35. The Labute approximate surface area is 179 Å². The number of benzene rings is 1. The first-order valence-corrected chi connectivity index (χ1v) is 9.55. The van der Waals surface area contributed by atoms with Crippen molar-refractivity contribution in [2.75, 3.05) is 5.73 Å². The van der Waals surface area contributed by atoms with Crippen LogP contribution in [0.2, 0.25) is 5.02 Å². The summed E-state index contributed by atoms with van der Waals surface area (Å²) in [6.45, 7) is 1.77. The summed E-state index contributed by atoms with van der Waals surface area (Å²) in [6, 6.07) is 5.05. The maximum atomic E-state index is 12.9. The smallest absolute Gasteiger partial charge is 0.382 e. The molecular weight excluding hydrogens is 435 g/mol. The number of halogens is 4. The normalized spacial score (nSPS) is 14.3. The summed E-state index contributed by atoms with van der Waals surface area (Å²) in [5, 5.41) is 3.97. The fourth-order valence-electron chi connectivity index (χ4n) is 3.24. The molecule has 2 aromatic heterocycles. The summed E-state index contributed by atoms with van der Waals surface area (Å²) < 4.78 is 44.1. The third-order valence-corrected chi connectivity index (χ3v) is 5.27. The highest BCUT2D eigenvalue weighted by Gasteiger charge is 2.32.